The summed E-state index contributed by atoms with van der Waals surface area (Å²) in [4.78, 5) is 8.38. The molecule has 0 aliphatic carbocycles. The number of benzene rings is 1. The lowest BCUT2D eigenvalue weighted by atomic mass is 10.2. The van der Waals surface area contributed by atoms with Crippen molar-refractivity contribution >= 4 is 0 Å². The van der Waals surface area contributed by atoms with Gasteiger partial charge in [0.15, 0.2) is 0 Å². The fourth-order valence-electron chi connectivity index (χ4n) is 2.01. The molecule has 3 aromatic rings. The van der Waals surface area contributed by atoms with E-state index in [9.17, 15) is 13.2 Å². The zero-order valence-electron chi connectivity index (χ0n) is 12.9. The van der Waals surface area contributed by atoms with E-state index < -0.39 is 11.7 Å². The van der Waals surface area contributed by atoms with Crippen molar-refractivity contribution in [3.05, 3.63) is 59.5 Å². The van der Waals surface area contributed by atoms with E-state index >= 15 is 0 Å². The van der Waals surface area contributed by atoms with Crippen LogP contribution >= 0.6 is 0 Å². The highest BCUT2D eigenvalue weighted by molar-refractivity contribution is 5.35. The lowest BCUT2D eigenvalue weighted by molar-refractivity contribution is -0.137. The fraction of sp³-hybridized carbons (Fsp3) is 0.188. The van der Waals surface area contributed by atoms with Gasteiger partial charge in [-0.25, -0.2) is 9.67 Å². The van der Waals surface area contributed by atoms with Crippen LogP contribution in [0.3, 0.4) is 0 Å². The summed E-state index contributed by atoms with van der Waals surface area (Å²) in [6.07, 6.45) is -1.21. The Hall–Kier alpha value is -2.90. The Morgan fingerprint density at radius 1 is 1.12 bits per heavy atom. The van der Waals surface area contributed by atoms with Crippen molar-refractivity contribution in [1.82, 2.24) is 19.7 Å². The van der Waals surface area contributed by atoms with Crippen LogP contribution in [0.5, 0.6) is 11.6 Å². The molecule has 24 heavy (non-hydrogen) atoms. The van der Waals surface area contributed by atoms with Crippen molar-refractivity contribution in [1.29, 1.82) is 0 Å². The second-order valence-electron chi connectivity index (χ2n) is 5.19. The molecule has 124 valence electrons. The van der Waals surface area contributed by atoms with Crippen molar-refractivity contribution in [2.75, 3.05) is 0 Å². The van der Waals surface area contributed by atoms with Gasteiger partial charge in [-0.3, -0.25) is 0 Å². The van der Waals surface area contributed by atoms with Gasteiger partial charge in [0.2, 0.25) is 5.88 Å². The maximum absolute atomic E-state index is 12.8. The molecule has 0 spiro atoms. The second-order valence-corrected chi connectivity index (χ2v) is 5.19. The largest absolute Gasteiger partial charge is 0.439 e. The molecule has 0 saturated heterocycles. The summed E-state index contributed by atoms with van der Waals surface area (Å²) >= 11 is 0. The fourth-order valence-corrected chi connectivity index (χ4v) is 2.01. The number of aryl methyl sites for hydroxylation is 2. The van der Waals surface area contributed by atoms with Gasteiger partial charge in [0.1, 0.15) is 5.75 Å². The summed E-state index contributed by atoms with van der Waals surface area (Å²) in [5.74, 6) is 0.498. The highest BCUT2D eigenvalue weighted by Gasteiger charge is 2.30. The van der Waals surface area contributed by atoms with E-state index in [4.69, 9.17) is 4.74 Å². The highest BCUT2D eigenvalue weighted by atomic mass is 19.4. The molecule has 0 N–H and O–H groups in total. The molecular formula is C16H13F3N4O. The Morgan fingerprint density at radius 2 is 1.92 bits per heavy atom. The summed E-state index contributed by atoms with van der Waals surface area (Å²) in [5.41, 5.74) is 0.606. The minimum atomic E-state index is -4.43. The SMILES string of the molecule is Cc1ccn(-c2ncc(C)c(Oc3cccc(C(F)(F)F)c3)n2)n1. The van der Waals surface area contributed by atoms with Crippen molar-refractivity contribution in [3.8, 4) is 17.6 Å². The molecule has 0 unspecified atom stereocenters. The number of halogens is 3. The normalized spacial score (nSPS) is 11.5. The van der Waals surface area contributed by atoms with Crippen LogP contribution in [0.1, 0.15) is 16.8 Å². The minimum Gasteiger partial charge on any atom is -0.439 e. The molecule has 5 nitrogen and oxygen atoms in total. The van der Waals surface area contributed by atoms with Crippen LogP contribution in [-0.2, 0) is 6.18 Å². The first kappa shape index (κ1) is 16.0. The van der Waals surface area contributed by atoms with Gasteiger partial charge in [-0.1, -0.05) is 6.07 Å². The molecule has 0 atom stereocenters. The summed E-state index contributed by atoms with van der Waals surface area (Å²) in [6.45, 7) is 3.53. The monoisotopic (exact) mass is 334 g/mol. The molecule has 2 aromatic heterocycles. The third-order valence-electron chi connectivity index (χ3n) is 3.22. The van der Waals surface area contributed by atoms with E-state index in [0.29, 0.717) is 5.56 Å². The van der Waals surface area contributed by atoms with Crippen LogP contribution in [0, 0.1) is 13.8 Å². The maximum atomic E-state index is 12.8. The molecule has 0 aliphatic heterocycles. The molecular weight excluding hydrogens is 321 g/mol. The lowest BCUT2D eigenvalue weighted by Gasteiger charge is -2.11. The number of hydrogen-bond donors (Lipinski definition) is 0. The molecule has 2 heterocycles. The molecule has 1 aromatic carbocycles. The molecule has 0 aliphatic rings. The van der Waals surface area contributed by atoms with Gasteiger partial charge in [0.05, 0.1) is 11.3 Å². The van der Waals surface area contributed by atoms with Gasteiger partial charge in [0, 0.05) is 18.0 Å². The number of rotatable bonds is 3. The Kier molecular flexibility index (Phi) is 3.96. The van der Waals surface area contributed by atoms with Gasteiger partial charge in [-0.05, 0) is 38.1 Å². The standard InChI is InChI=1S/C16H13F3N4O/c1-10-9-20-15(23-7-6-11(2)22-23)21-14(10)24-13-5-3-4-12(8-13)16(17,18)19/h3-9H,1-2H3. The van der Waals surface area contributed by atoms with Crippen molar-refractivity contribution < 1.29 is 17.9 Å². The Balaban J connectivity index is 1.93. The molecule has 0 saturated carbocycles. The summed E-state index contributed by atoms with van der Waals surface area (Å²) in [6, 6.07) is 6.43. The topological polar surface area (TPSA) is 52.8 Å². The van der Waals surface area contributed by atoms with Crippen LogP contribution < -0.4 is 4.74 Å². The summed E-state index contributed by atoms with van der Waals surface area (Å²) in [7, 11) is 0. The molecule has 0 bridgehead atoms. The average Bonchev–Trinajstić information content (AvgIpc) is 2.95. The van der Waals surface area contributed by atoms with Crippen molar-refractivity contribution in [3.63, 3.8) is 0 Å². The van der Waals surface area contributed by atoms with Gasteiger partial charge in [-0.2, -0.15) is 23.3 Å². The van der Waals surface area contributed by atoms with Gasteiger partial charge in [-0.15, -0.1) is 0 Å². The molecule has 0 amide bonds. The van der Waals surface area contributed by atoms with Gasteiger partial charge >= 0.3 is 6.18 Å². The van der Waals surface area contributed by atoms with Crippen LogP contribution in [0.2, 0.25) is 0 Å². The number of nitrogens with zero attached hydrogens (tertiary/aromatic N) is 4. The molecule has 3 rings (SSSR count). The Labute approximate surface area is 135 Å². The molecule has 0 fully saturated rings. The highest BCUT2D eigenvalue weighted by Crippen LogP contribution is 2.32. The smallest absolute Gasteiger partial charge is 0.416 e. The number of aromatic nitrogens is 4. The second kappa shape index (κ2) is 5.95. The van der Waals surface area contributed by atoms with Gasteiger partial charge < -0.3 is 4.74 Å². The Morgan fingerprint density at radius 3 is 2.58 bits per heavy atom. The summed E-state index contributed by atoms with van der Waals surface area (Å²) in [5, 5.41) is 4.19. The minimum absolute atomic E-state index is 0.0502. The predicted octanol–water partition coefficient (Wildman–Crippen LogP) is 4.09. The zero-order valence-corrected chi connectivity index (χ0v) is 12.9. The molecule has 8 heteroatoms. The third kappa shape index (κ3) is 3.37. The Bertz CT molecular complexity index is 874. The zero-order chi connectivity index (χ0) is 17.3. The number of hydrogen-bond acceptors (Lipinski definition) is 4. The van der Waals surface area contributed by atoms with Gasteiger partial charge in [0.25, 0.3) is 5.95 Å². The average molecular weight is 334 g/mol. The summed E-state index contributed by atoms with van der Waals surface area (Å²) < 4.78 is 45.3. The van der Waals surface area contributed by atoms with E-state index in [2.05, 4.69) is 15.1 Å². The van der Waals surface area contributed by atoms with E-state index in [1.54, 1.807) is 19.2 Å². The predicted molar refractivity (Wildman–Crippen MR) is 80.1 cm³/mol. The molecule has 0 radical (unpaired) electrons. The third-order valence-corrected chi connectivity index (χ3v) is 3.22. The van der Waals surface area contributed by atoms with E-state index in [-0.39, 0.29) is 17.6 Å². The quantitative estimate of drug-likeness (QED) is 0.724. The number of ether oxygens (including phenoxy) is 1. The van der Waals surface area contributed by atoms with Crippen molar-refractivity contribution in [2.45, 2.75) is 20.0 Å². The van der Waals surface area contributed by atoms with E-state index in [0.717, 1.165) is 17.8 Å². The van der Waals surface area contributed by atoms with E-state index in [1.807, 2.05) is 6.92 Å². The van der Waals surface area contributed by atoms with E-state index in [1.165, 1.54) is 23.0 Å². The van der Waals surface area contributed by atoms with Crippen LogP contribution in [-0.4, -0.2) is 19.7 Å². The first-order valence-corrected chi connectivity index (χ1v) is 7.04. The van der Waals surface area contributed by atoms with Crippen molar-refractivity contribution in [2.24, 2.45) is 0 Å². The number of alkyl halides is 3. The first-order valence-electron chi connectivity index (χ1n) is 7.04. The maximum Gasteiger partial charge on any atom is 0.416 e. The van der Waals surface area contributed by atoms with Crippen LogP contribution in [0.25, 0.3) is 5.95 Å². The lowest BCUT2D eigenvalue weighted by Crippen LogP contribution is -2.06. The first-order chi connectivity index (χ1) is 11.3. The van der Waals surface area contributed by atoms with Crippen LogP contribution in [0.4, 0.5) is 13.2 Å². The van der Waals surface area contributed by atoms with Crippen LogP contribution in [0.15, 0.2) is 42.7 Å².